The van der Waals surface area contributed by atoms with Crippen molar-refractivity contribution in [3.8, 4) is 0 Å². The largest absolute Gasteiger partial charge is 0.443 e. The number of nitrogens with one attached hydrogen (secondary N) is 1. The first-order valence-corrected chi connectivity index (χ1v) is 14.6. The number of sulfonamides is 1. The molecule has 0 radical (unpaired) electrons. The molecule has 43 heavy (non-hydrogen) atoms. The summed E-state index contributed by atoms with van der Waals surface area (Å²) in [6, 6.07) is 6.00. The van der Waals surface area contributed by atoms with Gasteiger partial charge in [0.25, 0.3) is 10.0 Å². The highest BCUT2D eigenvalue weighted by molar-refractivity contribution is 7.89. The van der Waals surface area contributed by atoms with Gasteiger partial charge < -0.3 is 9.73 Å². The van der Waals surface area contributed by atoms with Crippen molar-refractivity contribution in [3.05, 3.63) is 72.1 Å². The quantitative estimate of drug-likeness (QED) is 0.313. The second-order valence-corrected chi connectivity index (χ2v) is 12.2. The van der Waals surface area contributed by atoms with Crippen LogP contribution >= 0.6 is 0 Å². The van der Waals surface area contributed by atoms with Crippen LogP contribution in [0.25, 0.3) is 11.0 Å². The number of amides is 4. The zero-order chi connectivity index (χ0) is 31.3. The number of halogens is 4. The molecular formula is C28H26F4N4O6S. The smallest absolute Gasteiger partial charge is 0.416 e. The second-order valence-electron chi connectivity index (χ2n) is 10.4. The van der Waals surface area contributed by atoms with Gasteiger partial charge in [-0.05, 0) is 56.3 Å². The number of benzene rings is 2. The van der Waals surface area contributed by atoms with Crippen LogP contribution in [-0.4, -0.2) is 67.2 Å². The van der Waals surface area contributed by atoms with Gasteiger partial charge in [0, 0.05) is 42.8 Å². The van der Waals surface area contributed by atoms with Gasteiger partial charge in [-0.25, -0.2) is 17.6 Å². The molecular weight excluding hydrogens is 596 g/mol. The molecule has 3 heterocycles. The Morgan fingerprint density at radius 1 is 1.09 bits per heavy atom. The Morgan fingerprint density at radius 3 is 2.44 bits per heavy atom. The maximum atomic E-state index is 13.6. The molecule has 10 nitrogen and oxygen atoms in total. The predicted octanol–water partition coefficient (Wildman–Crippen LogP) is 4.13. The second kappa shape index (κ2) is 11.1. The number of alkyl halides is 3. The third-order valence-electron chi connectivity index (χ3n) is 7.17. The Bertz CT molecular complexity index is 1720. The molecule has 5 rings (SSSR count). The summed E-state index contributed by atoms with van der Waals surface area (Å²) in [4.78, 5) is 41.7. The molecule has 2 aliphatic heterocycles. The first-order chi connectivity index (χ1) is 20.2. The van der Waals surface area contributed by atoms with Gasteiger partial charge in [-0.2, -0.15) is 17.5 Å². The summed E-state index contributed by atoms with van der Waals surface area (Å²) < 4.78 is 85.7. The molecule has 0 aliphatic carbocycles. The minimum atomic E-state index is -4.57. The van der Waals surface area contributed by atoms with Crippen LogP contribution in [0.3, 0.4) is 0 Å². The van der Waals surface area contributed by atoms with E-state index in [-0.39, 0.29) is 36.3 Å². The minimum absolute atomic E-state index is 0.134. The van der Waals surface area contributed by atoms with Crippen LogP contribution in [0, 0.1) is 11.7 Å². The van der Waals surface area contributed by atoms with Gasteiger partial charge in [0.05, 0.1) is 11.5 Å². The fourth-order valence-electron chi connectivity index (χ4n) is 5.00. The summed E-state index contributed by atoms with van der Waals surface area (Å²) in [5, 5.41) is 2.33. The van der Waals surface area contributed by atoms with E-state index in [9.17, 15) is 40.4 Å². The maximum absolute atomic E-state index is 13.6. The standard InChI is InChI=1S/C28H26F4N4O6S/c1-16(2)36-26(38)18(15-34(27(36)39)21-8-5-19(6-9-21)28(30,31)32)14-33-25(37)22-4-3-11-35(22)43(40,41)24-13-17-12-20(29)7-10-23(17)42-24/h3-10,12-13,16,18,22H,11,14-15H2,1-2H3,(H,33,37)/t18?,22-/m0/s1. The number of fused-ring (bicyclic) bond motifs is 1. The van der Waals surface area contributed by atoms with Crippen LogP contribution < -0.4 is 10.2 Å². The zero-order valence-corrected chi connectivity index (χ0v) is 23.7. The number of anilines is 1. The van der Waals surface area contributed by atoms with Gasteiger partial charge >= 0.3 is 12.2 Å². The molecule has 1 aromatic heterocycles. The van der Waals surface area contributed by atoms with Gasteiger partial charge in [0.2, 0.25) is 16.9 Å². The van der Waals surface area contributed by atoms with Gasteiger partial charge in [0.15, 0.2) is 0 Å². The summed E-state index contributed by atoms with van der Waals surface area (Å²) >= 11 is 0. The van der Waals surface area contributed by atoms with E-state index in [1.165, 1.54) is 18.2 Å². The predicted molar refractivity (Wildman–Crippen MR) is 146 cm³/mol. The van der Waals surface area contributed by atoms with Crippen LogP contribution in [0.5, 0.6) is 0 Å². The third kappa shape index (κ3) is 5.73. The number of imide groups is 1. The molecule has 3 aromatic rings. The number of rotatable bonds is 7. The monoisotopic (exact) mass is 622 g/mol. The lowest BCUT2D eigenvalue weighted by atomic mass is 10.0. The van der Waals surface area contributed by atoms with Gasteiger partial charge in [0.1, 0.15) is 17.4 Å². The molecule has 2 aromatic carbocycles. The fourth-order valence-corrected chi connectivity index (χ4v) is 6.45. The van der Waals surface area contributed by atoms with Crippen LogP contribution in [0.2, 0.25) is 0 Å². The average Bonchev–Trinajstić information content (AvgIpc) is 3.60. The van der Waals surface area contributed by atoms with Crippen molar-refractivity contribution in [1.82, 2.24) is 14.5 Å². The number of nitrogens with zero attached hydrogens (tertiary/aromatic N) is 3. The number of hydrogen-bond acceptors (Lipinski definition) is 6. The molecule has 1 N–H and O–H groups in total. The number of furan rings is 1. The minimum Gasteiger partial charge on any atom is -0.443 e. The molecule has 1 saturated heterocycles. The van der Waals surface area contributed by atoms with Crippen molar-refractivity contribution in [2.24, 2.45) is 5.92 Å². The van der Waals surface area contributed by atoms with Crippen molar-refractivity contribution in [3.63, 3.8) is 0 Å². The van der Waals surface area contributed by atoms with E-state index in [1.54, 1.807) is 13.8 Å². The average molecular weight is 623 g/mol. The summed E-state index contributed by atoms with van der Waals surface area (Å²) in [5.74, 6) is -2.90. The molecule has 228 valence electrons. The van der Waals surface area contributed by atoms with Gasteiger partial charge in [-0.15, -0.1) is 0 Å². The van der Waals surface area contributed by atoms with Crippen LogP contribution in [0.15, 0.2) is 70.2 Å². The number of carbonyl (C=O) groups excluding carboxylic acids is 3. The number of hydrogen-bond donors (Lipinski definition) is 1. The first kappa shape index (κ1) is 30.2. The Morgan fingerprint density at radius 2 is 1.79 bits per heavy atom. The maximum Gasteiger partial charge on any atom is 0.416 e. The summed E-state index contributed by atoms with van der Waals surface area (Å²) in [6.45, 7) is 2.53. The van der Waals surface area contributed by atoms with Gasteiger partial charge in [-0.3, -0.25) is 19.4 Å². The Balaban J connectivity index is 1.32. The van der Waals surface area contributed by atoms with E-state index in [0.717, 1.165) is 56.6 Å². The Kier molecular flexibility index (Phi) is 7.81. The SMILES string of the molecule is CC(C)N1C(=O)C(CNC(=O)[C@@H]2C=CCN2S(=O)(=O)c2cc3cc(F)ccc3o2)CN(c2ccc(C(F)(F)F)cc2)C1=O. The Labute approximate surface area is 243 Å². The van der Waals surface area contributed by atoms with Crippen molar-refractivity contribution in [2.75, 3.05) is 24.5 Å². The molecule has 15 heteroatoms. The van der Waals surface area contributed by atoms with Crippen molar-refractivity contribution in [1.29, 1.82) is 0 Å². The van der Waals surface area contributed by atoms with E-state index in [2.05, 4.69) is 5.32 Å². The molecule has 1 fully saturated rings. The van der Waals surface area contributed by atoms with Gasteiger partial charge in [-0.1, -0.05) is 12.2 Å². The highest BCUT2D eigenvalue weighted by Crippen LogP contribution is 2.32. The highest BCUT2D eigenvalue weighted by atomic mass is 32.2. The molecule has 0 bridgehead atoms. The summed E-state index contributed by atoms with van der Waals surface area (Å²) in [5.41, 5.74) is -0.625. The highest BCUT2D eigenvalue weighted by Gasteiger charge is 2.43. The molecule has 4 amide bonds. The lowest BCUT2D eigenvalue weighted by Crippen LogP contribution is -2.61. The number of urea groups is 1. The topological polar surface area (TPSA) is 120 Å². The lowest BCUT2D eigenvalue weighted by molar-refractivity contribution is -0.137. The van der Waals surface area contributed by atoms with Crippen LogP contribution in [-0.2, 0) is 25.8 Å². The van der Waals surface area contributed by atoms with Crippen LogP contribution in [0.4, 0.5) is 28.0 Å². The molecule has 1 unspecified atom stereocenters. The lowest BCUT2D eigenvalue weighted by Gasteiger charge is -2.40. The van der Waals surface area contributed by atoms with E-state index in [0.29, 0.717) is 0 Å². The summed E-state index contributed by atoms with van der Waals surface area (Å²) in [7, 11) is -4.33. The molecule has 2 aliphatic rings. The van der Waals surface area contributed by atoms with E-state index < -0.39 is 68.5 Å². The van der Waals surface area contributed by atoms with E-state index in [1.807, 2.05) is 0 Å². The molecule has 0 spiro atoms. The normalized spacial score (nSPS) is 20.1. The first-order valence-electron chi connectivity index (χ1n) is 13.2. The molecule has 2 atom stereocenters. The van der Waals surface area contributed by atoms with Crippen molar-refractivity contribution < 1.29 is 44.8 Å². The zero-order valence-electron chi connectivity index (χ0n) is 22.8. The number of carbonyl (C=O) groups is 3. The Hall–Kier alpha value is -4.24. The van der Waals surface area contributed by atoms with Crippen molar-refractivity contribution >= 4 is 44.5 Å². The molecule has 0 saturated carbocycles. The third-order valence-corrected chi connectivity index (χ3v) is 8.88. The van der Waals surface area contributed by atoms with E-state index >= 15 is 0 Å². The van der Waals surface area contributed by atoms with Crippen LogP contribution in [0.1, 0.15) is 19.4 Å². The fraction of sp³-hybridized carbons (Fsp3) is 0.321. The van der Waals surface area contributed by atoms with E-state index in [4.69, 9.17) is 4.42 Å². The summed E-state index contributed by atoms with van der Waals surface area (Å²) in [6.07, 6.45) is -1.73. The van der Waals surface area contributed by atoms with Crippen molar-refractivity contribution in [2.45, 2.75) is 37.2 Å².